The summed E-state index contributed by atoms with van der Waals surface area (Å²) < 4.78 is 76.0. The molecule has 0 spiro atoms. The van der Waals surface area contributed by atoms with E-state index in [1.807, 2.05) is 0 Å². The topological polar surface area (TPSA) is 151 Å². The van der Waals surface area contributed by atoms with Crippen LogP contribution < -0.4 is 31.2 Å². The van der Waals surface area contributed by atoms with Crippen molar-refractivity contribution in [1.82, 2.24) is 0 Å². The third-order valence-corrected chi connectivity index (χ3v) is 12.1. The molecule has 4 aromatic carbocycles. The fourth-order valence-electron chi connectivity index (χ4n) is 8.62. The van der Waals surface area contributed by atoms with E-state index in [0.717, 1.165) is 50.3 Å². The molecule has 0 aromatic heterocycles. The van der Waals surface area contributed by atoms with E-state index in [1.165, 1.54) is 109 Å². The van der Waals surface area contributed by atoms with Gasteiger partial charge < -0.3 is 49.7 Å². The van der Waals surface area contributed by atoms with E-state index in [9.17, 15) is 26.3 Å². The van der Waals surface area contributed by atoms with Crippen molar-refractivity contribution >= 4 is 11.9 Å². The average Bonchev–Trinajstić information content (AvgIpc) is 3.29. The first-order chi connectivity index (χ1) is 31.3. The monoisotopic (exact) mass is 932 g/mol. The molecule has 2 aliphatic heterocycles. The molecule has 4 unspecified atom stereocenters. The molecular formula is C50H66F6N4O6. The molecule has 66 heavy (non-hydrogen) atoms. The number of halogens is 6. The van der Waals surface area contributed by atoms with Crippen molar-refractivity contribution in [2.75, 3.05) is 66.6 Å². The molecule has 0 saturated carbocycles. The number of carboxylic acids is 2. The van der Waals surface area contributed by atoms with Gasteiger partial charge in [-0.25, -0.2) is 0 Å². The van der Waals surface area contributed by atoms with Crippen LogP contribution in [0.1, 0.15) is 60.8 Å². The predicted octanol–water partition coefficient (Wildman–Crippen LogP) is 6.21. The molecule has 4 N–H and O–H groups in total. The third kappa shape index (κ3) is 21.0. The number of carbonyl (C=O) groups is 2. The predicted molar refractivity (Wildman–Crippen MR) is 239 cm³/mol. The number of aryl methyl sites for hydroxylation is 2. The molecule has 2 fully saturated rings. The number of benzene rings is 4. The summed E-state index contributed by atoms with van der Waals surface area (Å²) in [6, 6.07) is 39.5. The van der Waals surface area contributed by atoms with Gasteiger partial charge in [0.1, 0.15) is 23.4 Å². The molecule has 2 heterocycles. The zero-order chi connectivity index (χ0) is 48.6. The number of ether oxygens (including phenoxy) is 2. The summed E-state index contributed by atoms with van der Waals surface area (Å²) in [5, 5.41) is 17.6. The van der Waals surface area contributed by atoms with Crippen LogP contribution in [0, 0.1) is 0 Å². The van der Waals surface area contributed by atoms with Gasteiger partial charge in [-0.2, -0.15) is 26.3 Å². The van der Waals surface area contributed by atoms with Gasteiger partial charge in [0.15, 0.2) is 0 Å². The van der Waals surface area contributed by atoms with Crippen molar-refractivity contribution in [1.29, 1.82) is 0 Å². The SMILES string of the molecule is COc1ccc(CCC[N+]2(CCc3ccccc3)CCCC(N)C2)cc1.COc1ccc(CCC[N+]2(CCc3ccccc3)CCCC(N)C2)cc1.O=C([O-])C(F)(F)F.O=C([O-])C(F)(F)F. The van der Waals surface area contributed by atoms with E-state index in [-0.39, 0.29) is 0 Å². The van der Waals surface area contributed by atoms with E-state index >= 15 is 0 Å². The maximum Gasteiger partial charge on any atom is 0.430 e. The first-order valence-electron chi connectivity index (χ1n) is 22.4. The largest absolute Gasteiger partial charge is 0.542 e. The highest BCUT2D eigenvalue weighted by atomic mass is 19.4. The summed E-state index contributed by atoms with van der Waals surface area (Å²) in [6.07, 6.45) is 1.49. The van der Waals surface area contributed by atoms with Crippen molar-refractivity contribution in [3.05, 3.63) is 131 Å². The van der Waals surface area contributed by atoms with E-state index < -0.39 is 24.3 Å². The van der Waals surface area contributed by atoms with Crippen LogP contribution in [0.3, 0.4) is 0 Å². The van der Waals surface area contributed by atoms with Gasteiger partial charge in [-0.3, -0.25) is 0 Å². The Labute approximate surface area is 385 Å². The molecule has 364 valence electrons. The Balaban J connectivity index is 0.000000273. The Morgan fingerprint density at radius 1 is 0.530 bits per heavy atom. The highest BCUT2D eigenvalue weighted by Crippen LogP contribution is 2.24. The number of nitrogens with two attached hydrogens (primary N) is 2. The van der Waals surface area contributed by atoms with Crippen LogP contribution in [0.4, 0.5) is 26.3 Å². The molecule has 2 saturated heterocycles. The number of methoxy groups -OCH3 is 2. The number of nitrogens with zero attached hydrogens (tertiary/aromatic N) is 2. The van der Waals surface area contributed by atoms with Crippen molar-refractivity contribution in [3.8, 4) is 11.5 Å². The van der Waals surface area contributed by atoms with Crippen molar-refractivity contribution < 1.29 is 64.6 Å². The van der Waals surface area contributed by atoms with Gasteiger partial charge in [-0.05, 0) is 85.0 Å². The van der Waals surface area contributed by atoms with Crippen LogP contribution in [0.25, 0.3) is 0 Å². The first kappa shape index (κ1) is 55.2. The molecule has 0 radical (unpaired) electrons. The number of carboxylic acid groups (broad SMARTS) is 2. The number of alkyl halides is 6. The van der Waals surface area contributed by atoms with Crippen LogP contribution in [0.15, 0.2) is 109 Å². The minimum absolute atomic E-state index is 0.362. The lowest BCUT2D eigenvalue weighted by Crippen LogP contribution is -2.59. The van der Waals surface area contributed by atoms with E-state index in [4.69, 9.17) is 40.7 Å². The van der Waals surface area contributed by atoms with E-state index in [1.54, 1.807) is 14.2 Å². The molecule has 6 rings (SSSR count). The summed E-state index contributed by atoms with van der Waals surface area (Å²) in [4.78, 5) is 17.6. The number of quaternary nitrogens is 2. The Bertz CT molecular complexity index is 1830. The number of hydrogen-bond donors (Lipinski definition) is 2. The van der Waals surface area contributed by atoms with Crippen LogP contribution in [0.2, 0.25) is 0 Å². The molecule has 0 amide bonds. The Morgan fingerprint density at radius 3 is 1.11 bits per heavy atom. The van der Waals surface area contributed by atoms with Gasteiger partial charge in [-0.1, -0.05) is 84.9 Å². The second-order valence-corrected chi connectivity index (χ2v) is 17.1. The Kier molecular flexibility index (Phi) is 23.0. The molecule has 4 aromatic rings. The minimum atomic E-state index is -5.19. The minimum Gasteiger partial charge on any atom is -0.542 e. The van der Waals surface area contributed by atoms with Gasteiger partial charge in [0.2, 0.25) is 0 Å². The van der Waals surface area contributed by atoms with Crippen LogP contribution >= 0.6 is 0 Å². The van der Waals surface area contributed by atoms with Crippen molar-refractivity contribution in [3.63, 3.8) is 0 Å². The van der Waals surface area contributed by atoms with E-state index in [0.29, 0.717) is 12.1 Å². The zero-order valence-corrected chi connectivity index (χ0v) is 38.0. The highest BCUT2D eigenvalue weighted by Gasteiger charge is 2.34. The quantitative estimate of drug-likeness (QED) is 0.0995. The van der Waals surface area contributed by atoms with Gasteiger partial charge in [0.05, 0.1) is 78.7 Å². The lowest BCUT2D eigenvalue weighted by molar-refractivity contribution is -0.933. The zero-order valence-electron chi connectivity index (χ0n) is 38.0. The Hall–Kier alpha value is -5.16. The number of rotatable bonds is 16. The summed E-state index contributed by atoms with van der Waals surface area (Å²) in [7, 11) is 3.44. The molecule has 0 bridgehead atoms. The summed E-state index contributed by atoms with van der Waals surface area (Å²) >= 11 is 0. The summed E-state index contributed by atoms with van der Waals surface area (Å²) in [6.45, 7) is 9.71. The number of carbonyl (C=O) groups excluding carboxylic acids is 2. The molecule has 10 nitrogen and oxygen atoms in total. The van der Waals surface area contributed by atoms with Gasteiger partial charge in [0, 0.05) is 25.7 Å². The van der Waals surface area contributed by atoms with Crippen LogP contribution in [-0.4, -0.2) is 112 Å². The van der Waals surface area contributed by atoms with Crippen molar-refractivity contribution in [2.24, 2.45) is 11.5 Å². The maximum absolute atomic E-state index is 10.5. The van der Waals surface area contributed by atoms with Crippen LogP contribution in [0.5, 0.6) is 11.5 Å². The van der Waals surface area contributed by atoms with Gasteiger partial charge >= 0.3 is 12.4 Å². The number of aliphatic carboxylic acids is 2. The number of hydrogen-bond acceptors (Lipinski definition) is 8. The standard InChI is InChI=1S/2C23H33N2O.2C2HF3O2/c2*1-26-23-13-11-21(12-14-23)9-5-16-25(17-6-10-22(24)19-25)18-15-20-7-3-2-4-8-20;2*3-2(4,5)1(6)7/h2*2-4,7-8,11-14,22H,5-6,9-10,15-19,24H2,1H3;2*(H,6,7)/q2*+1;;/p-2. The van der Waals surface area contributed by atoms with Crippen LogP contribution in [-0.2, 0) is 35.3 Å². The fourth-order valence-corrected chi connectivity index (χ4v) is 8.62. The highest BCUT2D eigenvalue weighted by molar-refractivity contribution is 5.71. The molecule has 2 aliphatic rings. The summed E-state index contributed by atoms with van der Waals surface area (Å²) in [5.41, 5.74) is 18.4. The lowest BCUT2D eigenvalue weighted by atomic mass is 10.00. The lowest BCUT2D eigenvalue weighted by Gasteiger charge is -2.44. The van der Waals surface area contributed by atoms with Gasteiger partial charge in [-0.15, -0.1) is 0 Å². The molecule has 0 aliphatic carbocycles. The second-order valence-electron chi connectivity index (χ2n) is 17.1. The fraction of sp³-hybridized carbons (Fsp3) is 0.480. The number of likely N-dealkylation sites (tertiary alicyclic amines) is 2. The molecular weight excluding hydrogens is 867 g/mol. The third-order valence-electron chi connectivity index (χ3n) is 12.1. The van der Waals surface area contributed by atoms with E-state index in [2.05, 4.69) is 109 Å². The smallest absolute Gasteiger partial charge is 0.430 e. The second kappa shape index (κ2) is 27.5. The first-order valence-corrected chi connectivity index (χ1v) is 22.4. The van der Waals surface area contributed by atoms with Gasteiger partial charge in [0.25, 0.3) is 0 Å². The molecule has 4 atom stereocenters. The molecule has 16 heteroatoms. The average molecular weight is 933 g/mol. The normalized spacial score (nSPS) is 20.5. The maximum atomic E-state index is 10.5. The van der Waals surface area contributed by atoms with Crippen molar-refractivity contribution in [2.45, 2.75) is 88.6 Å². The summed E-state index contributed by atoms with van der Waals surface area (Å²) in [5.74, 6) is -4.15. The Morgan fingerprint density at radius 2 is 0.833 bits per heavy atom. The number of piperidine rings is 2.